The van der Waals surface area contributed by atoms with Crippen LogP contribution in [0, 0.1) is 11.8 Å². The first-order chi connectivity index (χ1) is 9.63. The highest BCUT2D eigenvalue weighted by Crippen LogP contribution is 2.33. The molecule has 0 heterocycles. The Morgan fingerprint density at radius 2 is 2.20 bits per heavy atom. The summed E-state index contributed by atoms with van der Waals surface area (Å²) in [4.78, 5) is 12.1. The number of nitrogens with one attached hydrogen (secondary N) is 2. The van der Waals surface area contributed by atoms with Gasteiger partial charge in [0.2, 0.25) is 0 Å². The van der Waals surface area contributed by atoms with Crippen LogP contribution in [0.25, 0.3) is 0 Å². The molecule has 2 amide bonds. The van der Waals surface area contributed by atoms with Crippen LogP contribution < -0.4 is 16.4 Å². The van der Waals surface area contributed by atoms with E-state index in [1.54, 1.807) is 0 Å². The maximum atomic E-state index is 12.1. The van der Waals surface area contributed by atoms with Crippen LogP contribution in [0.3, 0.4) is 0 Å². The fraction of sp³-hybridized carbons (Fsp3) is 0.562. The van der Waals surface area contributed by atoms with Gasteiger partial charge in [0.1, 0.15) is 0 Å². The van der Waals surface area contributed by atoms with Crippen molar-refractivity contribution in [3.8, 4) is 0 Å². The third kappa shape index (κ3) is 3.51. The first-order valence-corrected chi connectivity index (χ1v) is 7.50. The molecule has 4 nitrogen and oxygen atoms in total. The molecule has 1 aliphatic rings. The van der Waals surface area contributed by atoms with Gasteiger partial charge < -0.3 is 16.4 Å². The zero-order valence-corrected chi connectivity index (χ0v) is 12.4. The Hall–Kier alpha value is -1.55. The van der Waals surface area contributed by atoms with Gasteiger partial charge in [0, 0.05) is 18.3 Å². The van der Waals surface area contributed by atoms with Gasteiger partial charge in [0.05, 0.1) is 0 Å². The van der Waals surface area contributed by atoms with E-state index >= 15 is 0 Å². The Labute approximate surface area is 121 Å². The molecule has 0 saturated heterocycles. The number of hydrogen-bond acceptors (Lipinski definition) is 2. The summed E-state index contributed by atoms with van der Waals surface area (Å²) < 4.78 is 0. The summed E-state index contributed by atoms with van der Waals surface area (Å²) in [6.07, 6.45) is 3.49. The van der Waals surface area contributed by atoms with Crippen molar-refractivity contribution in [3.63, 3.8) is 0 Å². The monoisotopic (exact) mass is 275 g/mol. The second-order valence-corrected chi connectivity index (χ2v) is 5.71. The van der Waals surface area contributed by atoms with E-state index in [0.29, 0.717) is 12.5 Å². The smallest absolute Gasteiger partial charge is 0.319 e. The lowest BCUT2D eigenvalue weighted by Crippen LogP contribution is -2.40. The Morgan fingerprint density at radius 1 is 1.40 bits per heavy atom. The number of rotatable bonds is 4. The van der Waals surface area contributed by atoms with E-state index in [-0.39, 0.29) is 12.1 Å². The molecule has 0 radical (unpaired) electrons. The molecule has 3 unspecified atom stereocenters. The van der Waals surface area contributed by atoms with Crippen LogP contribution in [0.15, 0.2) is 24.3 Å². The predicted molar refractivity (Wildman–Crippen MR) is 82.5 cm³/mol. The van der Waals surface area contributed by atoms with E-state index in [2.05, 4.69) is 24.5 Å². The standard InChI is InChI=1S/C16H25N3O/c1-3-13-7-8-15(11(13)2)19-16(20)18-14-6-4-5-12(9-14)10-17/h4-6,9,11,13,15H,3,7-8,10,17H2,1-2H3,(H2,18,19,20). The number of carbonyl (C=O) groups is 1. The second kappa shape index (κ2) is 6.75. The molecule has 20 heavy (non-hydrogen) atoms. The number of anilines is 1. The minimum Gasteiger partial charge on any atom is -0.335 e. The Kier molecular flexibility index (Phi) is 5.01. The Balaban J connectivity index is 1.89. The molecule has 1 fully saturated rings. The molecular weight excluding hydrogens is 250 g/mol. The molecule has 1 aromatic rings. The van der Waals surface area contributed by atoms with Gasteiger partial charge in [0.25, 0.3) is 0 Å². The summed E-state index contributed by atoms with van der Waals surface area (Å²) >= 11 is 0. The van der Waals surface area contributed by atoms with Crippen LogP contribution in [0.1, 0.15) is 38.7 Å². The van der Waals surface area contributed by atoms with Crippen molar-refractivity contribution >= 4 is 11.7 Å². The van der Waals surface area contributed by atoms with Crippen molar-refractivity contribution in [2.24, 2.45) is 17.6 Å². The summed E-state index contributed by atoms with van der Waals surface area (Å²) in [6.45, 7) is 4.94. The maximum Gasteiger partial charge on any atom is 0.319 e. The number of carbonyl (C=O) groups excluding carboxylic acids is 1. The molecule has 4 N–H and O–H groups in total. The van der Waals surface area contributed by atoms with Crippen molar-refractivity contribution < 1.29 is 4.79 Å². The highest BCUT2D eigenvalue weighted by molar-refractivity contribution is 5.89. The van der Waals surface area contributed by atoms with Gasteiger partial charge in [-0.2, -0.15) is 0 Å². The minimum absolute atomic E-state index is 0.118. The third-order valence-corrected chi connectivity index (χ3v) is 4.49. The topological polar surface area (TPSA) is 67.2 Å². The van der Waals surface area contributed by atoms with Gasteiger partial charge in [-0.25, -0.2) is 4.79 Å². The first-order valence-electron chi connectivity index (χ1n) is 7.50. The maximum absolute atomic E-state index is 12.1. The average Bonchev–Trinajstić information content (AvgIpc) is 2.79. The predicted octanol–water partition coefficient (Wildman–Crippen LogP) is 3.09. The zero-order chi connectivity index (χ0) is 14.5. The zero-order valence-electron chi connectivity index (χ0n) is 12.4. The number of hydrogen-bond donors (Lipinski definition) is 3. The number of urea groups is 1. The number of amides is 2. The van der Waals surface area contributed by atoms with Gasteiger partial charge in [0.15, 0.2) is 0 Å². The summed E-state index contributed by atoms with van der Waals surface area (Å²) in [5, 5.41) is 5.99. The Bertz CT molecular complexity index is 461. The van der Waals surface area contributed by atoms with Crippen molar-refractivity contribution in [1.29, 1.82) is 0 Å². The molecule has 0 spiro atoms. The third-order valence-electron chi connectivity index (χ3n) is 4.49. The number of benzene rings is 1. The van der Waals surface area contributed by atoms with Gasteiger partial charge in [-0.3, -0.25) is 0 Å². The van der Waals surface area contributed by atoms with Crippen molar-refractivity contribution in [1.82, 2.24) is 5.32 Å². The molecule has 1 aromatic carbocycles. The largest absolute Gasteiger partial charge is 0.335 e. The van der Waals surface area contributed by atoms with Crippen LogP contribution in [0.4, 0.5) is 10.5 Å². The van der Waals surface area contributed by atoms with Crippen molar-refractivity contribution in [2.75, 3.05) is 5.32 Å². The fourth-order valence-electron chi connectivity index (χ4n) is 3.14. The molecule has 0 bridgehead atoms. The quantitative estimate of drug-likeness (QED) is 0.790. The van der Waals surface area contributed by atoms with E-state index < -0.39 is 0 Å². The second-order valence-electron chi connectivity index (χ2n) is 5.71. The van der Waals surface area contributed by atoms with Crippen LogP contribution in [0.2, 0.25) is 0 Å². The lowest BCUT2D eigenvalue weighted by Gasteiger charge is -2.21. The van der Waals surface area contributed by atoms with Crippen molar-refractivity contribution in [3.05, 3.63) is 29.8 Å². The molecule has 1 saturated carbocycles. The van der Waals surface area contributed by atoms with Gasteiger partial charge in [-0.15, -0.1) is 0 Å². The SMILES string of the molecule is CCC1CCC(NC(=O)Nc2cccc(CN)c2)C1C. The number of nitrogens with two attached hydrogens (primary N) is 1. The molecule has 0 aromatic heterocycles. The van der Waals surface area contributed by atoms with E-state index in [9.17, 15) is 4.79 Å². The van der Waals surface area contributed by atoms with E-state index in [4.69, 9.17) is 5.73 Å². The van der Waals surface area contributed by atoms with Crippen molar-refractivity contribution in [2.45, 2.75) is 45.7 Å². The summed E-state index contributed by atoms with van der Waals surface area (Å²) in [7, 11) is 0. The van der Waals surface area contributed by atoms with Crippen LogP contribution in [-0.4, -0.2) is 12.1 Å². The van der Waals surface area contributed by atoms with Crippen LogP contribution >= 0.6 is 0 Å². The highest BCUT2D eigenvalue weighted by Gasteiger charge is 2.32. The van der Waals surface area contributed by atoms with Gasteiger partial charge >= 0.3 is 6.03 Å². The van der Waals surface area contributed by atoms with E-state index in [1.165, 1.54) is 12.8 Å². The molecule has 1 aliphatic carbocycles. The lowest BCUT2D eigenvalue weighted by atomic mass is 9.94. The molecule has 110 valence electrons. The molecule has 3 atom stereocenters. The summed E-state index contributed by atoms with van der Waals surface area (Å²) in [6, 6.07) is 7.82. The normalized spacial score (nSPS) is 25.4. The summed E-state index contributed by atoms with van der Waals surface area (Å²) in [5.41, 5.74) is 7.41. The molecule has 0 aliphatic heterocycles. The molecular formula is C16H25N3O. The van der Waals surface area contributed by atoms with Crippen LogP contribution in [-0.2, 0) is 6.54 Å². The fourth-order valence-corrected chi connectivity index (χ4v) is 3.14. The molecule has 4 heteroatoms. The Morgan fingerprint density at radius 3 is 2.85 bits per heavy atom. The van der Waals surface area contributed by atoms with E-state index in [0.717, 1.165) is 23.6 Å². The lowest BCUT2D eigenvalue weighted by molar-refractivity contribution is 0.243. The first kappa shape index (κ1) is 14.9. The van der Waals surface area contributed by atoms with E-state index in [1.807, 2.05) is 24.3 Å². The highest BCUT2D eigenvalue weighted by atomic mass is 16.2. The van der Waals surface area contributed by atoms with Gasteiger partial charge in [-0.1, -0.05) is 32.4 Å². The van der Waals surface area contributed by atoms with Gasteiger partial charge in [-0.05, 0) is 42.4 Å². The average molecular weight is 275 g/mol. The van der Waals surface area contributed by atoms with Crippen LogP contribution in [0.5, 0.6) is 0 Å². The minimum atomic E-state index is -0.118. The summed E-state index contributed by atoms with van der Waals surface area (Å²) in [5.74, 6) is 1.29. The molecule has 2 rings (SSSR count).